The second-order valence-electron chi connectivity index (χ2n) is 4.51. The first-order chi connectivity index (χ1) is 9.82. The molecule has 6 nitrogen and oxygen atoms in total. The number of benzene rings is 1. The highest BCUT2D eigenvalue weighted by Gasteiger charge is 2.19. The maximum absolute atomic E-state index is 11.7. The summed E-state index contributed by atoms with van der Waals surface area (Å²) in [6.45, 7) is 4.69. The molecule has 0 aliphatic rings. The number of nitrogens with zero attached hydrogens (tertiary/aromatic N) is 2. The Morgan fingerprint density at radius 1 is 1.43 bits per heavy atom. The summed E-state index contributed by atoms with van der Waals surface area (Å²) < 4.78 is 31.6. The topological polar surface area (TPSA) is 87.2 Å². The Labute approximate surface area is 132 Å². The summed E-state index contributed by atoms with van der Waals surface area (Å²) in [4.78, 5) is 4.15. The van der Waals surface area contributed by atoms with Gasteiger partial charge in [-0.05, 0) is 31.5 Å². The summed E-state index contributed by atoms with van der Waals surface area (Å²) in [6, 6.07) is 3.21. The highest BCUT2D eigenvalue weighted by Crippen LogP contribution is 2.31. The molecule has 0 saturated heterocycles. The fraction of sp³-hybridized carbons (Fsp3) is 0.308. The molecule has 2 N–H and O–H groups in total. The van der Waals surface area contributed by atoms with Crippen LogP contribution in [0.25, 0.3) is 0 Å². The third kappa shape index (κ3) is 3.63. The van der Waals surface area contributed by atoms with E-state index in [1.54, 1.807) is 19.2 Å². The highest BCUT2D eigenvalue weighted by atomic mass is 79.9. The van der Waals surface area contributed by atoms with Crippen molar-refractivity contribution in [3.05, 3.63) is 40.4 Å². The van der Waals surface area contributed by atoms with Crippen LogP contribution in [0.4, 0.5) is 0 Å². The van der Waals surface area contributed by atoms with Crippen molar-refractivity contribution in [2.45, 2.75) is 31.9 Å². The molecule has 0 bridgehead atoms. The molecule has 0 radical (unpaired) electrons. The van der Waals surface area contributed by atoms with Crippen molar-refractivity contribution in [3.8, 4) is 5.75 Å². The van der Waals surface area contributed by atoms with Crippen LogP contribution < -0.4 is 9.88 Å². The lowest BCUT2D eigenvalue weighted by Crippen LogP contribution is -2.15. The maximum Gasteiger partial charge on any atom is 0.241 e. The fourth-order valence-electron chi connectivity index (χ4n) is 2.00. The van der Waals surface area contributed by atoms with Crippen LogP contribution in [0.5, 0.6) is 5.75 Å². The van der Waals surface area contributed by atoms with E-state index in [2.05, 4.69) is 20.9 Å². The first-order valence-corrected chi connectivity index (χ1v) is 8.62. The molecule has 0 spiro atoms. The number of aryl methyl sites for hydroxylation is 2. The Morgan fingerprint density at radius 2 is 2.14 bits per heavy atom. The molecular formula is C13H16BrN3O3S. The van der Waals surface area contributed by atoms with Crippen LogP contribution in [0.3, 0.4) is 0 Å². The lowest BCUT2D eigenvalue weighted by atomic mass is 10.2. The molecule has 1 aromatic heterocycles. The van der Waals surface area contributed by atoms with Gasteiger partial charge in [0.1, 0.15) is 23.1 Å². The van der Waals surface area contributed by atoms with Gasteiger partial charge in [0.15, 0.2) is 0 Å². The Kier molecular flexibility index (Phi) is 4.70. The van der Waals surface area contributed by atoms with Gasteiger partial charge in [0, 0.05) is 23.4 Å². The molecule has 0 aliphatic heterocycles. The summed E-state index contributed by atoms with van der Waals surface area (Å²) in [6.07, 6.45) is 3.52. The fourth-order valence-corrected chi connectivity index (χ4v) is 3.49. The zero-order valence-electron chi connectivity index (χ0n) is 11.7. The smallest absolute Gasteiger partial charge is 0.241 e. The maximum atomic E-state index is 11.7. The Bertz CT molecular complexity index is 756. The molecular weight excluding hydrogens is 358 g/mol. The van der Waals surface area contributed by atoms with Crippen molar-refractivity contribution in [3.63, 3.8) is 0 Å². The van der Waals surface area contributed by atoms with Gasteiger partial charge in [-0.25, -0.2) is 18.5 Å². The van der Waals surface area contributed by atoms with Gasteiger partial charge in [-0.2, -0.15) is 0 Å². The van der Waals surface area contributed by atoms with Crippen LogP contribution in [0.1, 0.15) is 18.3 Å². The van der Waals surface area contributed by atoms with Crippen molar-refractivity contribution < 1.29 is 13.2 Å². The molecule has 2 aromatic rings. The third-order valence-corrected chi connectivity index (χ3v) is 4.37. The van der Waals surface area contributed by atoms with Crippen molar-refractivity contribution in [2.24, 2.45) is 5.14 Å². The predicted octanol–water partition coefficient (Wildman–Crippen LogP) is 2.20. The van der Waals surface area contributed by atoms with E-state index >= 15 is 0 Å². The molecule has 0 amide bonds. The van der Waals surface area contributed by atoms with E-state index in [0.717, 1.165) is 12.4 Å². The zero-order chi connectivity index (χ0) is 15.6. The van der Waals surface area contributed by atoms with Gasteiger partial charge in [0.05, 0.1) is 0 Å². The van der Waals surface area contributed by atoms with Gasteiger partial charge in [-0.15, -0.1) is 0 Å². The van der Waals surface area contributed by atoms with Crippen LogP contribution in [0.15, 0.2) is 33.9 Å². The molecule has 0 saturated carbocycles. The number of rotatable bonds is 5. The van der Waals surface area contributed by atoms with E-state index < -0.39 is 10.0 Å². The molecule has 114 valence electrons. The summed E-state index contributed by atoms with van der Waals surface area (Å²) in [5.74, 6) is 0.978. The molecule has 0 fully saturated rings. The van der Waals surface area contributed by atoms with E-state index in [1.165, 1.54) is 6.07 Å². The molecule has 1 heterocycles. The minimum absolute atomic E-state index is 0.0380. The minimum Gasteiger partial charge on any atom is -0.484 e. The Morgan fingerprint density at radius 3 is 2.76 bits per heavy atom. The van der Waals surface area contributed by atoms with Crippen LogP contribution in [-0.4, -0.2) is 18.0 Å². The number of sulfonamides is 1. The quantitative estimate of drug-likeness (QED) is 0.869. The molecule has 1 aromatic carbocycles. The number of nitrogens with two attached hydrogens (primary N) is 1. The first-order valence-electron chi connectivity index (χ1n) is 6.28. The molecule has 0 atom stereocenters. The number of primary sulfonamides is 1. The lowest BCUT2D eigenvalue weighted by molar-refractivity contribution is 0.280. The second kappa shape index (κ2) is 6.17. The summed E-state index contributed by atoms with van der Waals surface area (Å²) in [5.41, 5.74) is 0.683. The average molecular weight is 374 g/mol. The average Bonchev–Trinajstić information content (AvgIpc) is 2.83. The van der Waals surface area contributed by atoms with Gasteiger partial charge in [0.2, 0.25) is 10.0 Å². The first kappa shape index (κ1) is 16.0. The normalized spacial score (nSPS) is 11.6. The van der Waals surface area contributed by atoms with E-state index in [0.29, 0.717) is 10.0 Å². The molecule has 8 heteroatoms. The van der Waals surface area contributed by atoms with Crippen LogP contribution in [-0.2, 0) is 23.2 Å². The number of hydrogen-bond donors (Lipinski definition) is 1. The Hall–Kier alpha value is -1.38. The Balaban J connectivity index is 2.36. The van der Waals surface area contributed by atoms with Crippen LogP contribution >= 0.6 is 15.9 Å². The summed E-state index contributed by atoms with van der Waals surface area (Å²) in [5, 5.41) is 5.25. The van der Waals surface area contributed by atoms with Gasteiger partial charge in [0.25, 0.3) is 0 Å². The molecule has 21 heavy (non-hydrogen) atoms. The summed E-state index contributed by atoms with van der Waals surface area (Å²) in [7, 11) is -3.87. The number of imidazole rings is 1. The van der Waals surface area contributed by atoms with E-state index in [9.17, 15) is 8.42 Å². The van der Waals surface area contributed by atoms with Gasteiger partial charge >= 0.3 is 0 Å². The van der Waals surface area contributed by atoms with E-state index in [-0.39, 0.29) is 17.3 Å². The zero-order valence-corrected chi connectivity index (χ0v) is 14.1. The van der Waals surface area contributed by atoms with Crippen molar-refractivity contribution in [1.29, 1.82) is 0 Å². The highest BCUT2D eigenvalue weighted by molar-refractivity contribution is 9.10. The number of ether oxygens (including phenoxy) is 1. The van der Waals surface area contributed by atoms with E-state index in [1.807, 2.05) is 17.7 Å². The predicted molar refractivity (Wildman–Crippen MR) is 82.5 cm³/mol. The molecule has 0 unspecified atom stereocenters. The van der Waals surface area contributed by atoms with E-state index in [4.69, 9.17) is 9.88 Å². The monoisotopic (exact) mass is 373 g/mol. The molecule has 2 rings (SSSR count). The molecule has 0 aliphatic carbocycles. The lowest BCUT2D eigenvalue weighted by Gasteiger charge is -2.14. The van der Waals surface area contributed by atoms with Crippen molar-refractivity contribution in [1.82, 2.24) is 9.55 Å². The largest absolute Gasteiger partial charge is 0.484 e. The standard InChI is InChI=1S/C13H16BrN3O3S/c1-3-17-5-4-16-12(17)8-20-13-9(2)6-10(14)7-11(13)21(15,18)19/h4-7H,3,8H2,1-2H3,(H2,15,18,19). The van der Waals surface area contributed by atoms with Crippen molar-refractivity contribution >= 4 is 26.0 Å². The van der Waals surface area contributed by atoms with Gasteiger partial charge in [-0.3, -0.25) is 0 Å². The van der Waals surface area contributed by atoms with Crippen LogP contribution in [0, 0.1) is 6.92 Å². The van der Waals surface area contributed by atoms with Crippen LogP contribution in [0.2, 0.25) is 0 Å². The second-order valence-corrected chi connectivity index (χ2v) is 6.96. The van der Waals surface area contributed by atoms with Gasteiger partial charge in [-0.1, -0.05) is 15.9 Å². The number of aromatic nitrogens is 2. The minimum atomic E-state index is -3.87. The van der Waals surface area contributed by atoms with Gasteiger partial charge < -0.3 is 9.30 Å². The SMILES string of the molecule is CCn1ccnc1COc1c(C)cc(Br)cc1S(N)(=O)=O. The summed E-state index contributed by atoms with van der Waals surface area (Å²) >= 11 is 3.26. The number of hydrogen-bond acceptors (Lipinski definition) is 4. The number of halogens is 1. The van der Waals surface area contributed by atoms with Crippen molar-refractivity contribution in [2.75, 3.05) is 0 Å². The third-order valence-electron chi connectivity index (χ3n) is 3.00.